The van der Waals surface area contributed by atoms with Gasteiger partial charge in [0.1, 0.15) is 12.6 Å². The quantitative estimate of drug-likeness (QED) is 0.308. The van der Waals surface area contributed by atoms with Crippen LogP contribution in [0.5, 0.6) is 0 Å². The third kappa shape index (κ3) is 7.52. The van der Waals surface area contributed by atoms with Crippen LogP contribution in [0.4, 0.5) is 5.69 Å². The first kappa shape index (κ1) is 29.8. The van der Waals surface area contributed by atoms with Crippen LogP contribution in [-0.4, -0.2) is 43.8 Å². The summed E-state index contributed by atoms with van der Waals surface area (Å²) in [6, 6.07) is 21.9. The van der Waals surface area contributed by atoms with Gasteiger partial charge in [0.15, 0.2) is 0 Å². The fraction of sp³-hybridized carbons (Fsp3) is 0.355. The maximum absolute atomic E-state index is 14.0. The van der Waals surface area contributed by atoms with Gasteiger partial charge in [0.2, 0.25) is 11.8 Å². The first-order valence-corrected chi connectivity index (χ1v) is 15.9. The van der Waals surface area contributed by atoms with Gasteiger partial charge in [-0.1, -0.05) is 83.2 Å². The van der Waals surface area contributed by atoms with Gasteiger partial charge in [-0.3, -0.25) is 13.9 Å². The molecule has 40 heavy (non-hydrogen) atoms. The minimum absolute atomic E-state index is 0.0888. The van der Waals surface area contributed by atoms with Gasteiger partial charge in [-0.25, -0.2) is 8.42 Å². The zero-order valence-corrected chi connectivity index (χ0v) is 25.3. The third-order valence-electron chi connectivity index (χ3n) is 7.32. The molecule has 4 rings (SSSR count). The van der Waals surface area contributed by atoms with Crippen molar-refractivity contribution in [3.8, 4) is 0 Å². The molecule has 7 nitrogen and oxygen atoms in total. The monoisotopic (exact) mass is 625 g/mol. The Bertz CT molecular complexity index is 1390. The van der Waals surface area contributed by atoms with Gasteiger partial charge in [0.25, 0.3) is 10.0 Å². The Morgan fingerprint density at radius 3 is 2.17 bits per heavy atom. The number of halogens is 1. The van der Waals surface area contributed by atoms with Crippen LogP contribution in [0.25, 0.3) is 0 Å². The molecule has 0 unspecified atom stereocenters. The van der Waals surface area contributed by atoms with E-state index in [4.69, 9.17) is 0 Å². The molecule has 1 aliphatic rings. The number of carbonyl (C=O) groups excluding carboxylic acids is 2. The molecule has 1 fully saturated rings. The van der Waals surface area contributed by atoms with Crippen molar-refractivity contribution in [3.05, 3.63) is 94.5 Å². The molecule has 1 saturated carbocycles. The zero-order chi connectivity index (χ0) is 28.7. The summed E-state index contributed by atoms with van der Waals surface area (Å²) in [4.78, 5) is 28.9. The van der Waals surface area contributed by atoms with E-state index in [1.54, 1.807) is 37.3 Å². The molecule has 1 atom stereocenters. The highest BCUT2D eigenvalue weighted by Gasteiger charge is 2.33. The van der Waals surface area contributed by atoms with Crippen molar-refractivity contribution in [1.82, 2.24) is 10.2 Å². The molecule has 1 aliphatic carbocycles. The summed E-state index contributed by atoms with van der Waals surface area (Å²) in [7, 11) is -4.06. The maximum atomic E-state index is 14.0. The molecule has 0 spiro atoms. The Kier molecular flexibility index (Phi) is 10.0. The van der Waals surface area contributed by atoms with Crippen LogP contribution in [0, 0.1) is 6.92 Å². The lowest BCUT2D eigenvalue weighted by Crippen LogP contribution is -2.53. The van der Waals surface area contributed by atoms with E-state index in [1.165, 1.54) is 23.5 Å². The minimum Gasteiger partial charge on any atom is -0.352 e. The highest BCUT2D eigenvalue weighted by molar-refractivity contribution is 9.10. The molecule has 2 amide bonds. The molecule has 1 N–H and O–H groups in total. The largest absolute Gasteiger partial charge is 0.352 e. The van der Waals surface area contributed by atoms with Crippen LogP contribution < -0.4 is 9.62 Å². The zero-order valence-electron chi connectivity index (χ0n) is 22.9. The van der Waals surface area contributed by atoms with E-state index in [1.807, 2.05) is 43.3 Å². The summed E-state index contributed by atoms with van der Waals surface area (Å²) < 4.78 is 29.6. The van der Waals surface area contributed by atoms with E-state index in [0.717, 1.165) is 45.6 Å². The van der Waals surface area contributed by atoms with E-state index in [0.29, 0.717) is 5.69 Å². The molecule has 0 heterocycles. The van der Waals surface area contributed by atoms with Gasteiger partial charge >= 0.3 is 0 Å². The summed E-state index contributed by atoms with van der Waals surface area (Å²) in [5.41, 5.74) is 2.18. The molecule has 212 valence electrons. The number of sulfonamides is 1. The number of carbonyl (C=O) groups is 2. The Morgan fingerprint density at radius 1 is 0.925 bits per heavy atom. The second-order valence-corrected chi connectivity index (χ2v) is 13.1. The maximum Gasteiger partial charge on any atom is 0.264 e. The van der Waals surface area contributed by atoms with E-state index < -0.39 is 28.5 Å². The summed E-state index contributed by atoms with van der Waals surface area (Å²) >= 11 is 3.44. The fourth-order valence-corrected chi connectivity index (χ4v) is 6.60. The standard InChI is InChI=1S/C31H36BrN3O4S/c1-23-13-19-28(20-14-23)35(40(38,39)29-11-7-4-8-12-29)22-30(36)34(21-25-15-17-26(32)18-16-25)24(2)31(37)33-27-9-5-3-6-10-27/h4,7-8,11-20,24,27H,3,5-6,9-10,21-22H2,1-2H3,(H,33,37)/t24-/m1/s1. The molecule has 0 aromatic heterocycles. The van der Waals surface area contributed by atoms with E-state index >= 15 is 0 Å². The van der Waals surface area contributed by atoms with Crippen LogP contribution in [0.15, 0.2) is 88.2 Å². The molecule has 0 bridgehead atoms. The molecule has 0 aliphatic heterocycles. The van der Waals surface area contributed by atoms with Crippen LogP contribution >= 0.6 is 15.9 Å². The summed E-state index contributed by atoms with van der Waals surface area (Å²) in [5.74, 6) is -0.695. The number of rotatable bonds is 10. The topological polar surface area (TPSA) is 86.8 Å². The van der Waals surface area contributed by atoms with Gasteiger partial charge in [0.05, 0.1) is 10.6 Å². The van der Waals surface area contributed by atoms with Crippen LogP contribution in [0.2, 0.25) is 0 Å². The van der Waals surface area contributed by atoms with Crippen molar-refractivity contribution in [3.63, 3.8) is 0 Å². The van der Waals surface area contributed by atoms with Crippen LogP contribution in [-0.2, 0) is 26.2 Å². The Hall–Kier alpha value is -3.17. The molecule has 0 saturated heterocycles. The first-order valence-electron chi connectivity index (χ1n) is 13.6. The number of aryl methyl sites for hydroxylation is 1. The van der Waals surface area contributed by atoms with Gasteiger partial charge < -0.3 is 10.2 Å². The molecule has 0 radical (unpaired) electrons. The second kappa shape index (κ2) is 13.5. The fourth-order valence-electron chi connectivity index (χ4n) is 4.90. The number of amides is 2. The average molecular weight is 627 g/mol. The normalized spacial score (nSPS) is 14.8. The van der Waals surface area contributed by atoms with Gasteiger partial charge in [-0.05, 0) is 68.7 Å². The lowest BCUT2D eigenvalue weighted by Gasteiger charge is -2.33. The van der Waals surface area contributed by atoms with Crippen LogP contribution in [0.1, 0.15) is 50.2 Å². The number of hydrogen-bond acceptors (Lipinski definition) is 4. The summed E-state index contributed by atoms with van der Waals surface area (Å²) in [6.45, 7) is 3.34. The van der Waals surface area contributed by atoms with Crippen molar-refractivity contribution < 1.29 is 18.0 Å². The van der Waals surface area contributed by atoms with E-state index in [2.05, 4.69) is 21.2 Å². The summed E-state index contributed by atoms with van der Waals surface area (Å²) in [5, 5.41) is 3.12. The number of anilines is 1. The van der Waals surface area contributed by atoms with Crippen molar-refractivity contribution >= 4 is 43.5 Å². The number of nitrogens with zero attached hydrogens (tertiary/aromatic N) is 2. The van der Waals surface area contributed by atoms with Crippen molar-refractivity contribution in [1.29, 1.82) is 0 Å². The van der Waals surface area contributed by atoms with Gasteiger partial charge in [0, 0.05) is 17.1 Å². The SMILES string of the molecule is Cc1ccc(N(CC(=O)N(Cc2ccc(Br)cc2)[C@H](C)C(=O)NC2CCCCC2)S(=O)(=O)c2ccccc2)cc1. The Balaban J connectivity index is 1.65. The highest BCUT2D eigenvalue weighted by atomic mass is 79.9. The van der Waals surface area contributed by atoms with Crippen LogP contribution in [0.3, 0.4) is 0 Å². The second-order valence-electron chi connectivity index (χ2n) is 10.3. The van der Waals surface area contributed by atoms with Crippen molar-refractivity contribution in [2.24, 2.45) is 0 Å². The third-order valence-corrected chi connectivity index (χ3v) is 9.63. The predicted octanol–water partition coefficient (Wildman–Crippen LogP) is 5.82. The lowest BCUT2D eigenvalue weighted by atomic mass is 9.95. The molecule has 3 aromatic rings. The predicted molar refractivity (Wildman–Crippen MR) is 161 cm³/mol. The average Bonchev–Trinajstić information content (AvgIpc) is 2.96. The van der Waals surface area contributed by atoms with E-state index in [-0.39, 0.29) is 23.4 Å². The van der Waals surface area contributed by atoms with Gasteiger partial charge in [-0.15, -0.1) is 0 Å². The van der Waals surface area contributed by atoms with Crippen molar-refractivity contribution in [2.75, 3.05) is 10.8 Å². The minimum atomic E-state index is -4.06. The lowest BCUT2D eigenvalue weighted by molar-refractivity contribution is -0.139. The smallest absolute Gasteiger partial charge is 0.264 e. The van der Waals surface area contributed by atoms with E-state index in [9.17, 15) is 18.0 Å². The number of hydrogen-bond donors (Lipinski definition) is 1. The molecule has 3 aromatic carbocycles. The number of benzene rings is 3. The summed E-state index contributed by atoms with van der Waals surface area (Å²) in [6.07, 6.45) is 5.17. The highest BCUT2D eigenvalue weighted by Crippen LogP contribution is 2.25. The van der Waals surface area contributed by atoms with Gasteiger partial charge in [-0.2, -0.15) is 0 Å². The molecular weight excluding hydrogens is 590 g/mol. The number of nitrogens with one attached hydrogen (secondary N) is 1. The molecule has 9 heteroatoms. The first-order chi connectivity index (χ1) is 19.1. The Labute approximate surface area is 245 Å². The Morgan fingerprint density at radius 2 is 1.55 bits per heavy atom. The van der Waals surface area contributed by atoms with Crippen molar-refractivity contribution in [2.45, 2.75) is 69.5 Å². The molecular formula is C31H36BrN3O4S.